The maximum absolute atomic E-state index is 13.6. The smallest absolute Gasteiger partial charge is 0.307 e. The van der Waals surface area contributed by atoms with Crippen molar-refractivity contribution in [3.05, 3.63) is 107 Å². The Labute approximate surface area is 182 Å². The van der Waals surface area contributed by atoms with E-state index < -0.39 is 29.5 Å². The number of Topliss-reactive ketones (excluding diaryl/α,β-unsaturated/α-hetero) is 1. The molecule has 0 aromatic heterocycles. The number of carboxylic acid groups (broad SMARTS) is 1. The highest BCUT2D eigenvalue weighted by atomic mass is 19.1. The van der Waals surface area contributed by atoms with Crippen molar-refractivity contribution in [2.75, 3.05) is 4.90 Å². The van der Waals surface area contributed by atoms with E-state index in [-0.39, 0.29) is 17.8 Å². The van der Waals surface area contributed by atoms with E-state index in [4.69, 9.17) is 5.11 Å². The van der Waals surface area contributed by atoms with Crippen LogP contribution in [0.1, 0.15) is 22.7 Å². The van der Waals surface area contributed by atoms with E-state index in [2.05, 4.69) is 0 Å². The van der Waals surface area contributed by atoms with E-state index in [1.54, 1.807) is 54.6 Å². The van der Waals surface area contributed by atoms with Gasteiger partial charge in [0, 0.05) is 11.3 Å². The average molecular weight is 431 g/mol. The second kappa shape index (κ2) is 8.47. The minimum atomic E-state index is -0.993. The first-order valence-electron chi connectivity index (χ1n) is 9.79. The van der Waals surface area contributed by atoms with Crippen LogP contribution in [0.3, 0.4) is 0 Å². The maximum Gasteiger partial charge on any atom is 0.307 e. The number of ketones is 1. The third kappa shape index (κ3) is 3.88. The Hall–Kier alpha value is -4.26. The molecule has 3 aromatic carbocycles. The van der Waals surface area contributed by atoms with Gasteiger partial charge in [0.2, 0.25) is 0 Å². The molecule has 0 saturated carbocycles. The van der Waals surface area contributed by atoms with Crippen LogP contribution in [0.5, 0.6) is 0 Å². The zero-order valence-corrected chi connectivity index (χ0v) is 16.7. The summed E-state index contributed by atoms with van der Waals surface area (Å²) >= 11 is 0. The molecular formula is C25H18FNO5. The van der Waals surface area contributed by atoms with E-state index in [0.29, 0.717) is 22.4 Å². The van der Waals surface area contributed by atoms with Gasteiger partial charge in [-0.05, 0) is 35.4 Å². The standard InChI is InChI=1S/C25H18FNO5/c26-18-10-8-16(9-11-18)22-21(23(30)17-4-2-1-3-5-17)24(31)25(32)27(22)19-12-6-15(7-13-19)14-20(28)29/h1-13,22,30H,14H2,(H,28,29)/b23-21+. The molecule has 0 spiro atoms. The number of aliphatic carboxylic acids is 1. The van der Waals surface area contributed by atoms with Gasteiger partial charge in [0.05, 0.1) is 18.0 Å². The summed E-state index contributed by atoms with van der Waals surface area (Å²) in [6.45, 7) is 0. The number of hydrogen-bond acceptors (Lipinski definition) is 4. The van der Waals surface area contributed by atoms with E-state index in [1.807, 2.05) is 0 Å². The highest BCUT2D eigenvalue weighted by Gasteiger charge is 2.46. The number of carboxylic acids is 1. The third-order valence-corrected chi connectivity index (χ3v) is 5.25. The fourth-order valence-electron chi connectivity index (χ4n) is 3.76. The normalized spacial score (nSPS) is 17.5. The number of carbonyl (C=O) groups is 3. The predicted molar refractivity (Wildman–Crippen MR) is 115 cm³/mol. The first kappa shape index (κ1) is 21.0. The highest BCUT2D eigenvalue weighted by molar-refractivity contribution is 6.51. The zero-order chi connectivity index (χ0) is 22.8. The van der Waals surface area contributed by atoms with Crippen molar-refractivity contribution < 1.29 is 29.0 Å². The molecule has 1 amide bonds. The number of aliphatic hydroxyl groups is 1. The van der Waals surface area contributed by atoms with Gasteiger partial charge in [-0.1, -0.05) is 54.6 Å². The molecule has 3 aromatic rings. The SMILES string of the molecule is O=C(O)Cc1ccc(N2C(=O)C(=O)/C(=C(/O)c3ccccc3)C2c2ccc(F)cc2)cc1. The van der Waals surface area contributed by atoms with Crippen LogP contribution in [-0.2, 0) is 20.8 Å². The first-order valence-corrected chi connectivity index (χ1v) is 9.79. The molecule has 0 bridgehead atoms. The largest absolute Gasteiger partial charge is 0.507 e. The van der Waals surface area contributed by atoms with Gasteiger partial charge in [-0.3, -0.25) is 19.3 Å². The molecule has 6 nitrogen and oxygen atoms in total. The number of rotatable bonds is 5. The summed E-state index contributed by atoms with van der Waals surface area (Å²) in [4.78, 5) is 38.2. The van der Waals surface area contributed by atoms with Gasteiger partial charge in [-0.2, -0.15) is 0 Å². The number of amides is 1. The third-order valence-electron chi connectivity index (χ3n) is 5.25. The van der Waals surface area contributed by atoms with Crippen molar-refractivity contribution in [3.63, 3.8) is 0 Å². The second-order valence-electron chi connectivity index (χ2n) is 7.32. The molecule has 160 valence electrons. The van der Waals surface area contributed by atoms with Crippen LogP contribution in [0, 0.1) is 5.82 Å². The molecule has 0 radical (unpaired) electrons. The van der Waals surface area contributed by atoms with Gasteiger partial charge in [-0.15, -0.1) is 0 Å². The Morgan fingerprint density at radius 2 is 1.50 bits per heavy atom. The fraction of sp³-hybridized carbons (Fsp3) is 0.0800. The Morgan fingerprint density at radius 1 is 0.875 bits per heavy atom. The molecule has 1 heterocycles. The Balaban J connectivity index is 1.87. The van der Waals surface area contributed by atoms with Crippen LogP contribution in [-0.4, -0.2) is 27.9 Å². The topological polar surface area (TPSA) is 94.9 Å². The van der Waals surface area contributed by atoms with Crippen molar-refractivity contribution >= 4 is 29.1 Å². The molecule has 0 aliphatic carbocycles. The van der Waals surface area contributed by atoms with Crippen molar-refractivity contribution in [3.8, 4) is 0 Å². The zero-order valence-electron chi connectivity index (χ0n) is 16.7. The maximum atomic E-state index is 13.6. The number of nitrogens with zero attached hydrogens (tertiary/aromatic N) is 1. The average Bonchev–Trinajstić information content (AvgIpc) is 3.05. The lowest BCUT2D eigenvalue weighted by atomic mass is 9.95. The molecule has 1 aliphatic rings. The summed E-state index contributed by atoms with van der Waals surface area (Å²) in [6.07, 6.45) is -0.186. The van der Waals surface area contributed by atoms with E-state index >= 15 is 0 Å². The number of benzene rings is 3. The molecule has 4 rings (SSSR count). The van der Waals surface area contributed by atoms with Crippen LogP contribution in [0.4, 0.5) is 10.1 Å². The highest BCUT2D eigenvalue weighted by Crippen LogP contribution is 2.42. The van der Waals surface area contributed by atoms with E-state index in [1.165, 1.54) is 29.2 Å². The molecule has 1 saturated heterocycles. The number of hydrogen-bond donors (Lipinski definition) is 2. The summed E-state index contributed by atoms with van der Waals surface area (Å²) in [6, 6.07) is 18.9. The molecule has 2 N–H and O–H groups in total. The summed E-state index contributed by atoms with van der Waals surface area (Å²) < 4.78 is 13.6. The predicted octanol–water partition coefficient (Wildman–Crippen LogP) is 4.08. The minimum absolute atomic E-state index is 0.109. The molecule has 32 heavy (non-hydrogen) atoms. The lowest BCUT2D eigenvalue weighted by molar-refractivity contribution is -0.136. The van der Waals surface area contributed by atoms with Crippen LogP contribution in [0.15, 0.2) is 84.4 Å². The van der Waals surface area contributed by atoms with Crippen molar-refractivity contribution in [1.29, 1.82) is 0 Å². The molecule has 7 heteroatoms. The quantitative estimate of drug-likeness (QED) is 0.361. The Kier molecular flexibility index (Phi) is 5.55. The number of aliphatic hydroxyl groups excluding tert-OH is 1. The van der Waals surface area contributed by atoms with Gasteiger partial charge in [0.1, 0.15) is 11.6 Å². The van der Waals surface area contributed by atoms with Gasteiger partial charge in [0.15, 0.2) is 0 Å². The van der Waals surface area contributed by atoms with Crippen molar-refractivity contribution in [1.82, 2.24) is 0 Å². The number of anilines is 1. The van der Waals surface area contributed by atoms with Gasteiger partial charge >= 0.3 is 5.97 Å². The van der Waals surface area contributed by atoms with Crippen molar-refractivity contribution in [2.24, 2.45) is 0 Å². The van der Waals surface area contributed by atoms with Gasteiger partial charge < -0.3 is 10.2 Å². The minimum Gasteiger partial charge on any atom is -0.507 e. The molecule has 1 unspecified atom stereocenters. The number of carbonyl (C=O) groups excluding carboxylic acids is 2. The van der Waals surface area contributed by atoms with Crippen LogP contribution < -0.4 is 4.90 Å². The Bertz CT molecular complexity index is 1220. The first-order chi connectivity index (χ1) is 15.4. The summed E-state index contributed by atoms with van der Waals surface area (Å²) in [5.74, 6) is -3.51. The van der Waals surface area contributed by atoms with E-state index in [0.717, 1.165) is 0 Å². The van der Waals surface area contributed by atoms with Gasteiger partial charge in [0.25, 0.3) is 11.7 Å². The summed E-state index contributed by atoms with van der Waals surface area (Å²) in [5, 5.41) is 19.9. The second-order valence-corrected chi connectivity index (χ2v) is 7.32. The molecule has 1 aliphatic heterocycles. The van der Waals surface area contributed by atoms with Crippen LogP contribution in [0.25, 0.3) is 5.76 Å². The molecule has 1 atom stereocenters. The van der Waals surface area contributed by atoms with Crippen LogP contribution >= 0.6 is 0 Å². The molecular weight excluding hydrogens is 413 g/mol. The summed E-state index contributed by atoms with van der Waals surface area (Å²) in [5.41, 5.74) is 1.58. The van der Waals surface area contributed by atoms with Crippen molar-refractivity contribution in [2.45, 2.75) is 12.5 Å². The number of halogens is 1. The fourth-order valence-corrected chi connectivity index (χ4v) is 3.76. The lowest BCUT2D eigenvalue weighted by Gasteiger charge is -2.25. The van der Waals surface area contributed by atoms with Gasteiger partial charge in [-0.25, -0.2) is 4.39 Å². The summed E-state index contributed by atoms with van der Waals surface area (Å²) in [7, 11) is 0. The lowest BCUT2D eigenvalue weighted by Crippen LogP contribution is -2.29. The molecule has 1 fully saturated rings. The van der Waals surface area contributed by atoms with Crippen LogP contribution in [0.2, 0.25) is 0 Å². The monoisotopic (exact) mass is 431 g/mol. The van der Waals surface area contributed by atoms with E-state index in [9.17, 15) is 23.9 Å². The Morgan fingerprint density at radius 3 is 2.09 bits per heavy atom.